The standard InChI is InChI=1S/C13H22N4O/c1-17(11-3-2-7-14-8-6-11)9-12-15-13(16-18-12)10-4-5-10/h10-11,14H,2-9H2,1H3. The Morgan fingerprint density at radius 2 is 2.17 bits per heavy atom. The van der Waals surface area contributed by atoms with E-state index < -0.39 is 0 Å². The van der Waals surface area contributed by atoms with Crippen molar-refractivity contribution in [2.45, 2.75) is 50.6 Å². The maximum absolute atomic E-state index is 5.34. The lowest BCUT2D eigenvalue weighted by Crippen LogP contribution is -2.32. The highest BCUT2D eigenvalue weighted by molar-refractivity contribution is 5.03. The molecule has 5 heteroatoms. The zero-order chi connectivity index (χ0) is 12.4. The van der Waals surface area contributed by atoms with Crippen molar-refractivity contribution in [3.63, 3.8) is 0 Å². The van der Waals surface area contributed by atoms with E-state index in [9.17, 15) is 0 Å². The van der Waals surface area contributed by atoms with Crippen molar-refractivity contribution in [3.05, 3.63) is 11.7 Å². The van der Waals surface area contributed by atoms with E-state index in [1.165, 1.54) is 32.1 Å². The van der Waals surface area contributed by atoms with Gasteiger partial charge in [-0.1, -0.05) is 5.16 Å². The molecule has 2 aliphatic rings. The van der Waals surface area contributed by atoms with Crippen LogP contribution in [0.15, 0.2) is 4.52 Å². The quantitative estimate of drug-likeness (QED) is 0.878. The second-order valence-corrected chi connectivity index (χ2v) is 5.57. The van der Waals surface area contributed by atoms with Gasteiger partial charge in [0.15, 0.2) is 5.82 Å². The minimum atomic E-state index is 0.579. The second kappa shape index (κ2) is 5.36. The molecule has 0 radical (unpaired) electrons. The van der Waals surface area contributed by atoms with E-state index in [2.05, 4.69) is 27.4 Å². The van der Waals surface area contributed by atoms with Crippen molar-refractivity contribution >= 4 is 0 Å². The summed E-state index contributed by atoms with van der Waals surface area (Å²) < 4.78 is 5.34. The van der Waals surface area contributed by atoms with Crippen LogP contribution in [0.1, 0.15) is 49.7 Å². The van der Waals surface area contributed by atoms with Crippen LogP contribution in [-0.4, -0.2) is 41.2 Å². The number of hydrogen-bond donors (Lipinski definition) is 1. The van der Waals surface area contributed by atoms with Crippen molar-refractivity contribution < 1.29 is 4.52 Å². The number of nitrogens with one attached hydrogen (secondary N) is 1. The summed E-state index contributed by atoms with van der Waals surface area (Å²) in [6, 6.07) is 0.635. The minimum Gasteiger partial charge on any atom is -0.338 e. The van der Waals surface area contributed by atoms with Gasteiger partial charge in [-0.3, -0.25) is 4.90 Å². The van der Waals surface area contributed by atoms with Crippen LogP contribution in [0, 0.1) is 0 Å². The highest BCUT2D eigenvalue weighted by Gasteiger charge is 2.29. The lowest BCUT2D eigenvalue weighted by atomic mass is 10.1. The number of aromatic nitrogens is 2. The summed E-state index contributed by atoms with van der Waals surface area (Å²) in [6.07, 6.45) is 6.17. The Hall–Kier alpha value is -0.940. The summed E-state index contributed by atoms with van der Waals surface area (Å²) in [6.45, 7) is 3.05. The van der Waals surface area contributed by atoms with Crippen LogP contribution < -0.4 is 5.32 Å². The smallest absolute Gasteiger partial charge is 0.240 e. The Kier molecular flexibility index (Phi) is 3.61. The van der Waals surface area contributed by atoms with Crippen molar-refractivity contribution in [3.8, 4) is 0 Å². The van der Waals surface area contributed by atoms with Crippen molar-refractivity contribution in [1.82, 2.24) is 20.4 Å². The van der Waals surface area contributed by atoms with Gasteiger partial charge >= 0.3 is 0 Å². The number of rotatable bonds is 4. The summed E-state index contributed by atoms with van der Waals surface area (Å²) >= 11 is 0. The first-order valence-electron chi connectivity index (χ1n) is 7.06. The van der Waals surface area contributed by atoms with E-state index >= 15 is 0 Å². The lowest BCUT2D eigenvalue weighted by Gasteiger charge is -2.25. The average molecular weight is 250 g/mol. The molecule has 2 heterocycles. The molecule has 1 saturated heterocycles. The predicted octanol–water partition coefficient (Wildman–Crippen LogP) is 1.52. The molecule has 1 aliphatic heterocycles. The first-order valence-corrected chi connectivity index (χ1v) is 7.06. The van der Waals surface area contributed by atoms with E-state index in [1.807, 2.05) is 0 Å². The fraction of sp³-hybridized carbons (Fsp3) is 0.846. The van der Waals surface area contributed by atoms with Gasteiger partial charge in [-0.25, -0.2) is 0 Å². The van der Waals surface area contributed by atoms with Gasteiger partial charge < -0.3 is 9.84 Å². The van der Waals surface area contributed by atoms with Gasteiger partial charge in [0.05, 0.1) is 6.54 Å². The Balaban J connectivity index is 1.56. The molecule has 1 aromatic rings. The van der Waals surface area contributed by atoms with E-state index in [0.717, 1.165) is 31.3 Å². The Morgan fingerprint density at radius 3 is 3.00 bits per heavy atom. The molecule has 1 aromatic heterocycles. The summed E-state index contributed by atoms with van der Waals surface area (Å²) in [4.78, 5) is 6.85. The summed E-state index contributed by atoms with van der Waals surface area (Å²) in [5, 5.41) is 7.51. The molecular weight excluding hydrogens is 228 g/mol. The maximum atomic E-state index is 5.34. The van der Waals surface area contributed by atoms with Crippen molar-refractivity contribution in [2.75, 3.05) is 20.1 Å². The molecular formula is C13H22N4O. The Bertz CT molecular complexity index is 380. The fourth-order valence-corrected chi connectivity index (χ4v) is 2.62. The molecule has 1 aliphatic carbocycles. The first kappa shape index (κ1) is 12.1. The van der Waals surface area contributed by atoms with Gasteiger partial charge in [-0.15, -0.1) is 0 Å². The minimum absolute atomic E-state index is 0.579. The second-order valence-electron chi connectivity index (χ2n) is 5.57. The van der Waals surface area contributed by atoms with Gasteiger partial charge in [0, 0.05) is 12.0 Å². The van der Waals surface area contributed by atoms with E-state index in [4.69, 9.17) is 4.52 Å². The molecule has 1 saturated carbocycles. The van der Waals surface area contributed by atoms with Crippen LogP contribution in [0.5, 0.6) is 0 Å². The largest absolute Gasteiger partial charge is 0.338 e. The fourth-order valence-electron chi connectivity index (χ4n) is 2.62. The molecule has 100 valence electrons. The van der Waals surface area contributed by atoms with E-state index in [-0.39, 0.29) is 0 Å². The number of nitrogens with zero attached hydrogens (tertiary/aromatic N) is 3. The number of hydrogen-bond acceptors (Lipinski definition) is 5. The summed E-state index contributed by atoms with van der Waals surface area (Å²) in [7, 11) is 2.16. The maximum Gasteiger partial charge on any atom is 0.240 e. The highest BCUT2D eigenvalue weighted by Crippen LogP contribution is 2.38. The molecule has 0 aromatic carbocycles. The molecule has 5 nitrogen and oxygen atoms in total. The molecule has 0 bridgehead atoms. The third kappa shape index (κ3) is 2.90. The van der Waals surface area contributed by atoms with Crippen molar-refractivity contribution in [1.29, 1.82) is 0 Å². The lowest BCUT2D eigenvalue weighted by molar-refractivity contribution is 0.190. The zero-order valence-corrected chi connectivity index (χ0v) is 11.1. The van der Waals surface area contributed by atoms with Crippen molar-refractivity contribution in [2.24, 2.45) is 0 Å². The topological polar surface area (TPSA) is 54.2 Å². The first-order chi connectivity index (χ1) is 8.83. The Labute approximate surface area is 108 Å². The van der Waals surface area contributed by atoms with Crippen LogP contribution in [0.3, 0.4) is 0 Å². The van der Waals surface area contributed by atoms with E-state index in [1.54, 1.807) is 0 Å². The third-order valence-electron chi connectivity index (χ3n) is 3.98. The van der Waals surface area contributed by atoms with Gasteiger partial charge in [0.25, 0.3) is 0 Å². The molecule has 2 fully saturated rings. The third-order valence-corrected chi connectivity index (χ3v) is 3.98. The zero-order valence-electron chi connectivity index (χ0n) is 11.1. The average Bonchev–Trinajstić information content (AvgIpc) is 3.16. The molecule has 1 unspecified atom stereocenters. The molecule has 1 N–H and O–H groups in total. The van der Waals surface area contributed by atoms with Crippen LogP contribution in [-0.2, 0) is 6.54 Å². The molecule has 0 amide bonds. The highest BCUT2D eigenvalue weighted by atomic mass is 16.5. The van der Waals surface area contributed by atoms with Crippen LogP contribution >= 0.6 is 0 Å². The normalized spacial score (nSPS) is 25.3. The van der Waals surface area contributed by atoms with Gasteiger partial charge in [-0.05, 0) is 52.2 Å². The van der Waals surface area contributed by atoms with Gasteiger partial charge in [0.1, 0.15) is 0 Å². The molecule has 18 heavy (non-hydrogen) atoms. The van der Waals surface area contributed by atoms with E-state index in [0.29, 0.717) is 12.0 Å². The van der Waals surface area contributed by atoms with Crippen LogP contribution in [0.4, 0.5) is 0 Å². The molecule has 3 rings (SSSR count). The monoisotopic (exact) mass is 250 g/mol. The predicted molar refractivity (Wildman–Crippen MR) is 68.2 cm³/mol. The summed E-state index contributed by atoms with van der Waals surface area (Å²) in [5.74, 6) is 2.27. The molecule has 1 atom stereocenters. The van der Waals surface area contributed by atoms with Crippen LogP contribution in [0.25, 0.3) is 0 Å². The Morgan fingerprint density at radius 1 is 1.28 bits per heavy atom. The van der Waals surface area contributed by atoms with Gasteiger partial charge in [-0.2, -0.15) is 4.98 Å². The SMILES string of the molecule is CN(Cc1nc(C2CC2)no1)C1CCCNCC1. The van der Waals surface area contributed by atoms with Crippen LogP contribution in [0.2, 0.25) is 0 Å². The summed E-state index contributed by atoms with van der Waals surface area (Å²) in [5.41, 5.74) is 0. The van der Waals surface area contributed by atoms with Gasteiger partial charge in [0.2, 0.25) is 5.89 Å². The molecule has 0 spiro atoms.